The molecule has 1 aromatic heterocycles. The summed E-state index contributed by atoms with van der Waals surface area (Å²) in [7, 11) is 3.16. The first-order chi connectivity index (χ1) is 16.5. The lowest BCUT2D eigenvalue weighted by Crippen LogP contribution is -2.49. The van der Waals surface area contributed by atoms with Crippen molar-refractivity contribution in [2.24, 2.45) is 0 Å². The van der Waals surface area contributed by atoms with Crippen LogP contribution in [0.25, 0.3) is 12.2 Å². The number of aromatic nitrogens is 1. The number of ether oxygens (including phenoxy) is 2. The van der Waals surface area contributed by atoms with Crippen molar-refractivity contribution < 1.29 is 18.7 Å². The maximum Gasteiger partial charge on any atom is 0.255 e. The lowest BCUT2D eigenvalue weighted by atomic mass is 10.2. The molecule has 3 aromatic rings. The normalized spacial score (nSPS) is 13.7. The fraction of sp³-hybridized carbons (Fsp3) is 0.240. The van der Waals surface area contributed by atoms with Gasteiger partial charge in [-0.1, -0.05) is 29.8 Å². The number of piperazine rings is 1. The molecule has 0 spiro atoms. The Hall–Kier alpha value is -3.96. The van der Waals surface area contributed by atoms with Gasteiger partial charge < -0.3 is 23.7 Å². The standard InChI is InChI=1S/C25H23ClN4O4/c1-32-21-9-7-17(15-22(21)33-2)8-10-23-28-20(16-27)25(34-23)30-13-11-29(12-14-30)24(31)18-5-3-4-6-19(18)26/h3-10,15H,11-14H2,1-2H3/b10-8+. The van der Waals surface area contributed by atoms with Crippen molar-refractivity contribution in [1.29, 1.82) is 5.26 Å². The summed E-state index contributed by atoms with van der Waals surface area (Å²) in [5, 5.41) is 9.99. The molecule has 0 aliphatic carbocycles. The Bertz CT molecular complexity index is 1260. The van der Waals surface area contributed by atoms with E-state index in [1.54, 1.807) is 49.5 Å². The van der Waals surface area contributed by atoms with Crippen LogP contribution in [0.15, 0.2) is 46.9 Å². The van der Waals surface area contributed by atoms with Crippen LogP contribution in [-0.4, -0.2) is 56.2 Å². The number of anilines is 1. The number of rotatable bonds is 6. The van der Waals surface area contributed by atoms with Gasteiger partial charge in [0.15, 0.2) is 11.5 Å². The third-order valence-electron chi connectivity index (χ3n) is 5.52. The van der Waals surface area contributed by atoms with Crippen molar-refractivity contribution in [1.82, 2.24) is 9.88 Å². The molecule has 0 radical (unpaired) electrons. The van der Waals surface area contributed by atoms with Gasteiger partial charge in [-0.05, 0) is 35.9 Å². The summed E-state index contributed by atoms with van der Waals surface area (Å²) < 4.78 is 16.5. The molecule has 34 heavy (non-hydrogen) atoms. The highest BCUT2D eigenvalue weighted by Crippen LogP contribution is 2.29. The van der Waals surface area contributed by atoms with E-state index < -0.39 is 0 Å². The molecule has 2 aromatic carbocycles. The Morgan fingerprint density at radius 3 is 2.50 bits per heavy atom. The van der Waals surface area contributed by atoms with Crippen LogP contribution >= 0.6 is 11.6 Å². The number of halogens is 1. The molecule has 2 heterocycles. The SMILES string of the molecule is COc1ccc(/C=C/c2nc(C#N)c(N3CCN(C(=O)c4ccccc4Cl)CC3)o2)cc1OC. The van der Waals surface area contributed by atoms with Gasteiger partial charge in [0.05, 0.1) is 24.8 Å². The summed E-state index contributed by atoms with van der Waals surface area (Å²) in [4.78, 5) is 20.8. The summed E-state index contributed by atoms with van der Waals surface area (Å²) >= 11 is 6.17. The number of amides is 1. The van der Waals surface area contributed by atoms with Crippen molar-refractivity contribution in [3.63, 3.8) is 0 Å². The van der Waals surface area contributed by atoms with Crippen LogP contribution in [0, 0.1) is 11.3 Å². The average Bonchev–Trinajstić information content (AvgIpc) is 3.30. The first-order valence-electron chi connectivity index (χ1n) is 10.6. The number of carbonyl (C=O) groups is 1. The van der Waals surface area contributed by atoms with E-state index in [0.717, 1.165) is 5.56 Å². The first kappa shape index (κ1) is 23.2. The minimum Gasteiger partial charge on any atom is -0.493 e. The van der Waals surface area contributed by atoms with Gasteiger partial charge in [0.25, 0.3) is 5.91 Å². The minimum absolute atomic E-state index is 0.109. The van der Waals surface area contributed by atoms with Gasteiger partial charge in [0.1, 0.15) is 6.07 Å². The lowest BCUT2D eigenvalue weighted by Gasteiger charge is -2.34. The van der Waals surface area contributed by atoms with Crippen LogP contribution in [-0.2, 0) is 0 Å². The number of hydrogen-bond acceptors (Lipinski definition) is 7. The molecule has 1 amide bonds. The molecule has 1 saturated heterocycles. The zero-order valence-corrected chi connectivity index (χ0v) is 19.6. The monoisotopic (exact) mass is 478 g/mol. The molecular weight excluding hydrogens is 456 g/mol. The van der Waals surface area contributed by atoms with Gasteiger partial charge in [0.2, 0.25) is 17.5 Å². The maximum atomic E-state index is 12.8. The van der Waals surface area contributed by atoms with E-state index in [9.17, 15) is 10.1 Å². The molecule has 0 saturated carbocycles. The Kier molecular flexibility index (Phi) is 7.04. The van der Waals surface area contributed by atoms with Gasteiger partial charge in [-0.25, -0.2) is 0 Å². The molecule has 1 fully saturated rings. The molecule has 1 aliphatic rings. The fourth-order valence-electron chi connectivity index (χ4n) is 3.73. The molecule has 8 nitrogen and oxygen atoms in total. The van der Waals surface area contributed by atoms with Crippen LogP contribution in [0.2, 0.25) is 5.02 Å². The third kappa shape index (κ3) is 4.85. The molecule has 174 valence electrons. The molecule has 0 atom stereocenters. The molecule has 0 N–H and O–H groups in total. The number of nitriles is 1. The fourth-order valence-corrected chi connectivity index (χ4v) is 3.94. The van der Waals surface area contributed by atoms with Crippen LogP contribution in [0.4, 0.5) is 5.88 Å². The number of oxazole rings is 1. The van der Waals surface area contributed by atoms with Crippen LogP contribution in [0.1, 0.15) is 27.5 Å². The van der Waals surface area contributed by atoms with Crippen LogP contribution < -0.4 is 14.4 Å². The Morgan fingerprint density at radius 1 is 1.09 bits per heavy atom. The van der Waals surface area contributed by atoms with E-state index in [1.807, 2.05) is 29.2 Å². The summed E-state index contributed by atoms with van der Waals surface area (Å²) in [6.45, 7) is 1.98. The van der Waals surface area contributed by atoms with Gasteiger partial charge in [0, 0.05) is 32.3 Å². The molecule has 9 heteroatoms. The minimum atomic E-state index is -0.109. The summed E-state index contributed by atoms with van der Waals surface area (Å²) in [6, 6.07) is 14.6. The molecule has 1 aliphatic heterocycles. The molecular formula is C25H23ClN4O4. The van der Waals surface area contributed by atoms with Crippen LogP contribution in [0.3, 0.4) is 0 Å². The number of benzene rings is 2. The van der Waals surface area contributed by atoms with E-state index in [1.165, 1.54) is 0 Å². The number of carbonyl (C=O) groups excluding carboxylic acids is 1. The van der Waals surface area contributed by atoms with Crippen molar-refractivity contribution in [2.45, 2.75) is 0 Å². The highest BCUT2D eigenvalue weighted by molar-refractivity contribution is 6.33. The van der Waals surface area contributed by atoms with E-state index in [4.69, 9.17) is 25.5 Å². The highest BCUT2D eigenvalue weighted by Gasteiger charge is 2.27. The average molecular weight is 479 g/mol. The van der Waals surface area contributed by atoms with E-state index in [2.05, 4.69) is 11.1 Å². The van der Waals surface area contributed by atoms with Crippen LogP contribution in [0.5, 0.6) is 11.5 Å². The Balaban J connectivity index is 1.45. The summed E-state index contributed by atoms with van der Waals surface area (Å²) in [6.07, 6.45) is 3.52. The first-order valence-corrected chi connectivity index (χ1v) is 11.0. The van der Waals surface area contributed by atoms with Crippen molar-refractivity contribution in [3.05, 3.63) is 70.2 Å². The number of hydrogen-bond donors (Lipinski definition) is 0. The maximum absolute atomic E-state index is 12.8. The molecule has 0 unspecified atom stereocenters. The molecule has 4 rings (SSSR count). The topological polar surface area (TPSA) is 91.8 Å². The van der Waals surface area contributed by atoms with E-state index in [-0.39, 0.29) is 11.6 Å². The van der Waals surface area contributed by atoms with E-state index in [0.29, 0.717) is 60.0 Å². The zero-order valence-electron chi connectivity index (χ0n) is 18.8. The molecule has 0 bridgehead atoms. The third-order valence-corrected chi connectivity index (χ3v) is 5.85. The number of nitrogens with zero attached hydrogens (tertiary/aromatic N) is 4. The number of methoxy groups -OCH3 is 2. The second-order valence-corrected chi connectivity index (χ2v) is 7.93. The highest BCUT2D eigenvalue weighted by atomic mass is 35.5. The second-order valence-electron chi connectivity index (χ2n) is 7.52. The van der Waals surface area contributed by atoms with Crippen molar-refractivity contribution in [2.75, 3.05) is 45.3 Å². The van der Waals surface area contributed by atoms with Gasteiger partial charge >= 0.3 is 0 Å². The smallest absolute Gasteiger partial charge is 0.255 e. The second kappa shape index (κ2) is 10.3. The Morgan fingerprint density at radius 2 is 1.82 bits per heavy atom. The predicted octanol–water partition coefficient (Wildman–Crippen LogP) is 4.35. The zero-order chi connectivity index (χ0) is 24.1. The van der Waals surface area contributed by atoms with Gasteiger partial charge in [-0.3, -0.25) is 4.79 Å². The summed E-state index contributed by atoms with van der Waals surface area (Å²) in [5.41, 5.74) is 1.55. The lowest BCUT2D eigenvalue weighted by molar-refractivity contribution is 0.0745. The van der Waals surface area contributed by atoms with Crippen molar-refractivity contribution in [3.8, 4) is 17.6 Å². The van der Waals surface area contributed by atoms with Crippen molar-refractivity contribution >= 4 is 35.5 Å². The quantitative estimate of drug-likeness (QED) is 0.520. The predicted molar refractivity (Wildman–Crippen MR) is 129 cm³/mol. The summed E-state index contributed by atoms with van der Waals surface area (Å²) in [5.74, 6) is 1.86. The van der Waals surface area contributed by atoms with E-state index >= 15 is 0 Å². The Labute approximate surface area is 202 Å². The van der Waals surface area contributed by atoms with Gasteiger partial charge in [-0.15, -0.1) is 0 Å². The largest absolute Gasteiger partial charge is 0.493 e. The van der Waals surface area contributed by atoms with Gasteiger partial charge in [-0.2, -0.15) is 10.2 Å².